The molecular formula is C20H19N2O6-. The van der Waals surface area contributed by atoms with Gasteiger partial charge in [-0.15, -0.1) is 0 Å². The Bertz CT molecular complexity index is 873. The van der Waals surface area contributed by atoms with E-state index < -0.39 is 18.0 Å². The predicted octanol–water partition coefficient (Wildman–Crippen LogP) is 1.41. The third-order valence-electron chi connectivity index (χ3n) is 3.74. The summed E-state index contributed by atoms with van der Waals surface area (Å²) in [5.74, 6) is -1.40. The molecule has 146 valence electrons. The number of ether oxygens (including phenoxy) is 3. The molecule has 0 saturated carbocycles. The minimum absolute atomic E-state index is 0.171. The summed E-state index contributed by atoms with van der Waals surface area (Å²) in [6.45, 7) is 1.51. The number of hydrogen-bond acceptors (Lipinski definition) is 8. The molecule has 1 atom stereocenters. The van der Waals surface area contributed by atoms with Crippen molar-refractivity contribution in [1.82, 2.24) is 0 Å². The molecule has 1 unspecified atom stereocenters. The SMILES string of the molecule is CCOC(=O)COc1ccc(OC)cc1C(Nc1ccc(C#N)cc1)C(=O)[O-]. The van der Waals surface area contributed by atoms with Crippen molar-refractivity contribution in [2.24, 2.45) is 0 Å². The molecule has 0 heterocycles. The van der Waals surface area contributed by atoms with Gasteiger partial charge < -0.3 is 29.4 Å². The minimum atomic E-state index is -1.40. The van der Waals surface area contributed by atoms with Crippen LogP contribution in [0.25, 0.3) is 0 Å². The monoisotopic (exact) mass is 383 g/mol. The number of carbonyl (C=O) groups is 2. The first kappa shape index (κ1) is 20.6. The number of carboxylic acid groups (broad SMARTS) is 1. The number of anilines is 1. The van der Waals surface area contributed by atoms with E-state index in [9.17, 15) is 14.7 Å². The van der Waals surface area contributed by atoms with E-state index in [-0.39, 0.29) is 24.5 Å². The third kappa shape index (κ3) is 5.38. The molecular weight excluding hydrogens is 364 g/mol. The summed E-state index contributed by atoms with van der Waals surface area (Å²) in [5, 5.41) is 23.5. The van der Waals surface area contributed by atoms with Gasteiger partial charge in [-0.2, -0.15) is 5.26 Å². The van der Waals surface area contributed by atoms with Crippen LogP contribution < -0.4 is 19.9 Å². The van der Waals surface area contributed by atoms with Crippen LogP contribution in [0.5, 0.6) is 11.5 Å². The zero-order valence-corrected chi connectivity index (χ0v) is 15.4. The Hall–Kier alpha value is -3.73. The van der Waals surface area contributed by atoms with Gasteiger partial charge in [-0.05, 0) is 49.4 Å². The van der Waals surface area contributed by atoms with Gasteiger partial charge in [-0.1, -0.05) is 0 Å². The zero-order chi connectivity index (χ0) is 20.5. The molecule has 28 heavy (non-hydrogen) atoms. The van der Waals surface area contributed by atoms with Crippen molar-refractivity contribution in [1.29, 1.82) is 5.26 Å². The number of nitrogens with zero attached hydrogens (tertiary/aromatic N) is 1. The summed E-state index contributed by atoms with van der Waals surface area (Å²) in [4.78, 5) is 23.4. The first-order valence-electron chi connectivity index (χ1n) is 8.42. The second-order valence-electron chi connectivity index (χ2n) is 5.58. The molecule has 0 radical (unpaired) electrons. The summed E-state index contributed by atoms with van der Waals surface area (Å²) >= 11 is 0. The quantitative estimate of drug-likeness (QED) is 0.645. The molecule has 0 aliphatic carbocycles. The highest BCUT2D eigenvalue weighted by Crippen LogP contribution is 2.31. The van der Waals surface area contributed by atoms with Crippen LogP contribution in [0.2, 0.25) is 0 Å². The smallest absolute Gasteiger partial charge is 0.344 e. The fourth-order valence-electron chi connectivity index (χ4n) is 2.42. The highest BCUT2D eigenvalue weighted by molar-refractivity contribution is 5.79. The van der Waals surface area contributed by atoms with Gasteiger partial charge in [0.05, 0.1) is 37.4 Å². The van der Waals surface area contributed by atoms with Gasteiger partial charge in [0.15, 0.2) is 6.61 Å². The Balaban J connectivity index is 2.33. The van der Waals surface area contributed by atoms with E-state index in [1.807, 2.05) is 6.07 Å². The summed E-state index contributed by atoms with van der Waals surface area (Å²) in [5.41, 5.74) is 1.12. The van der Waals surface area contributed by atoms with Crippen LogP contribution >= 0.6 is 0 Å². The van der Waals surface area contributed by atoms with Crippen LogP contribution in [0.15, 0.2) is 42.5 Å². The van der Waals surface area contributed by atoms with Gasteiger partial charge in [0, 0.05) is 11.3 Å². The largest absolute Gasteiger partial charge is 0.548 e. The number of carboxylic acids is 1. The molecule has 2 rings (SSSR count). The maximum atomic E-state index is 11.8. The highest BCUT2D eigenvalue weighted by atomic mass is 16.6. The number of esters is 1. The zero-order valence-electron chi connectivity index (χ0n) is 15.4. The first-order valence-corrected chi connectivity index (χ1v) is 8.42. The van der Waals surface area contributed by atoms with Crippen LogP contribution in [0.3, 0.4) is 0 Å². The molecule has 0 bridgehead atoms. The molecule has 2 aromatic carbocycles. The van der Waals surface area contributed by atoms with Gasteiger partial charge in [0.25, 0.3) is 0 Å². The second kappa shape index (κ2) is 9.83. The maximum Gasteiger partial charge on any atom is 0.344 e. The summed E-state index contributed by atoms with van der Waals surface area (Å²) < 4.78 is 15.4. The Morgan fingerprint density at radius 1 is 1.21 bits per heavy atom. The van der Waals surface area contributed by atoms with Crippen molar-refractivity contribution in [3.8, 4) is 17.6 Å². The lowest BCUT2D eigenvalue weighted by molar-refractivity contribution is -0.307. The molecule has 0 spiro atoms. The number of methoxy groups -OCH3 is 1. The van der Waals surface area contributed by atoms with Crippen molar-refractivity contribution >= 4 is 17.6 Å². The van der Waals surface area contributed by atoms with E-state index in [0.29, 0.717) is 17.0 Å². The minimum Gasteiger partial charge on any atom is -0.548 e. The van der Waals surface area contributed by atoms with Crippen molar-refractivity contribution in [2.75, 3.05) is 25.6 Å². The van der Waals surface area contributed by atoms with Gasteiger partial charge >= 0.3 is 5.97 Å². The lowest BCUT2D eigenvalue weighted by Crippen LogP contribution is -2.34. The number of rotatable bonds is 9. The predicted molar refractivity (Wildman–Crippen MR) is 97.6 cm³/mol. The Kier molecular flexibility index (Phi) is 7.22. The summed E-state index contributed by atoms with van der Waals surface area (Å²) in [6.07, 6.45) is 0. The van der Waals surface area contributed by atoms with E-state index >= 15 is 0 Å². The Morgan fingerprint density at radius 2 is 1.93 bits per heavy atom. The van der Waals surface area contributed by atoms with E-state index in [1.165, 1.54) is 19.2 Å². The normalized spacial score (nSPS) is 11.0. The number of carbonyl (C=O) groups excluding carboxylic acids is 2. The number of nitriles is 1. The van der Waals surface area contributed by atoms with Gasteiger partial charge in [0.1, 0.15) is 11.5 Å². The fourth-order valence-corrected chi connectivity index (χ4v) is 2.42. The Labute approximate surface area is 162 Å². The summed E-state index contributed by atoms with van der Waals surface area (Å²) in [7, 11) is 1.44. The molecule has 0 aliphatic heterocycles. The molecule has 8 nitrogen and oxygen atoms in total. The van der Waals surface area contributed by atoms with Crippen molar-refractivity contribution in [3.05, 3.63) is 53.6 Å². The summed E-state index contributed by atoms with van der Waals surface area (Å²) in [6, 6.07) is 11.5. The molecule has 0 aromatic heterocycles. The maximum absolute atomic E-state index is 11.8. The van der Waals surface area contributed by atoms with Crippen LogP contribution in [0.4, 0.5) is 5.69 Å². The second-order valence-corrected chi connectivity index (χ2v) is 5.58. The van der Waals surface area contributed by atoms with Crippen molar-refractivity contribution in [2.45, 2.75) is 13.0 Å². The highest BCUT2D eigenvalue weighted by Gasteiger charge is 2.20. The average molecular weight is 383 g/mol. The van der Waals surface area contributed by atoms with Gasteiger partial charge in [-0.25, -0.2) is 4.79 Å². The molecule has 2 aromatic rings. The molecule has 8 heteroatoms. The van der Waals surface area contributed by atoms with Crippen LogP contribution in [-0.2, 0) is 14.3 Å². The van der Waals surface area contributed by atoms with Crippen LogP contribution in [-0.4, -0.2) is 32.3 Å². The number of aliphatic carboxylic acids is 1. The van der Waals surface area contributed by atoms with Gasteiger partial charge in [0.2, 0.25) is 0 Å². The molecule has 0 aliphatic rings. The Morgan fingerprint density at radius 3 is 2.50 bits per heavy atom. The number of nitrogens with one attached hydrogen (secondary N) is 1. The van der Waals surface area contributed by atoms with E-state index in [0.717, 1.165) is 0 Å². The molecule has 0 fully saturated rings. The molecule has 0 amide bonds. The van der Waals surface area contributed by atoms with Gasteiger partial charge in [-0.3, -0.25) is 0 Å². The first-order chi connectivity index (χ1) is 13.5. The average Bonchev–Trinajstić information content (AvgIpc) is 2.71. The topological polar surface area (TPSA) is 121 Å². The third-order valence-corrected chi connectivity index (χ3v) is 3.74. The van der Waals surface area contributed by atoms with E-state index in [4.69, 9.17) is 19.5 Å². The van der Waals surface area contributed by atoms with Crippen molar-refractivity contribution in [3.63, 3.8) is 0 Å². The van der Waals surface area contributed by atoms with E-state index in [2.05, 4.69) is 5.32 Å². The van der Waals surface area contributed by atoms with Crippen LogP contribution in [0, 0.1) is 11.3 Å². The lowest BCUT2D eigenvalue weighted by atomic mass is 10.0. The lowest BCUT2D eigenvalue weighted by Gasteiger charge is -2.24. The molecule has 0 saturated heterocycles. The number of hydrogen-bond donors (Lipinski definition) is 1. The standard InChI is InChI=1S/C20H20N2O6/c1-3-27-18(23)12-28-17-9-8-15(26-2)10-16(17)19(20(24)25)22-14-6-4-13(11-21)5-7-14/h4-10,19,22H,3,12H2,1-2H3,(H,24,25)/p-1. The van der Waals surface area contributed by atoms with Crippen LogP contribution in [0.1, 0.15) is 24.1 Å². The molecule has 1 N–H and O–H groups in total. The van der Waals surface area contributed by atoms with Crippen molar-refractivity contribution < 1.29 is 28.9 Å². The van der Waals surface area contributed by atoms with E-state index in [1.54, 1.807) is 37.3 Å². The fraction of sp³-hybridized carbons (Fsp3) is 0.250. The number of benzene rings is 2.